The highest BCUT2D eigenvalue weighted by Gasteiger charge is 2.13. The van der Waals surface area contributed by atoms with Gasteiger partial charge in [0.05, 0.1) is 0 Å². The first-order valence-electron chi connectivity index (χ1n) is 7.71. The number of fused-ring (bicyclic) bond motifs is 1. The Balaban J connectivity index is 2.18. The van der Waals surface area contributed by atoms with Crippen LogP contribution >= 0.6 is 0 Å². The molecule has 0 spiro atoms. The Labute approximate surface area is 139 Å². The molecule has 0 aliphatic heterocycles. The molecule has 6 heteroatoms. The highest BCUT2D eigenvalue weighted by Crippen LogP contribution is 2.24. The molecule has 0 aliphatic rings. The zero-order chi connectivity index (χ0) is 17.3. The second-order valence-corrected chi connectivity index (χ2v) is 5.65. The van der Waals surface area contributed by atoms with Crippen LogP contribution in [-0.4, -0.2) is 39.7 Å². The van der Waals surface area contributed by atoms with Crippen molar-refractivity contribution in [2.24, 2.45) is 0 Å². The zero-order valence-electron chi connectivity index (χ0n) is 13.9. The van der Waals surface area contributed by atoms with Gasteiger partial charge < -0.3 is 4.90 Å². The minimum atomic E-state index is -0.198. The van der Waals surface area contributed by atoms with Crippen molar-refractivity contribution in [3.05, 3.63) is 58.5 Å². The van der Waals surface area contributed by atoms with E-state index >= 15 is 0 Å². The maximum atomic E-state index is 12.3. The van der Waals surface area contributed by atoms with Crippen LogP contribution in [0.5, 0.6) is 0 Å². The van der Waals surface area contributed by atoms with Gasteiger partial charge in [-0.3, -0.25) is 14.6 Å². The normalized spacial score (nSPS) is 10.8. The van der Waals surface area contributed by atoms with Crippen molar-refractivity contribution in [3.63, 3.8) is 0 Å². The van der Waals surface area contributed by atoms with Crippen molar-refractivity contribution < 1.29 is 4.79 Å². The van der Waals surface area contributed by atoms with Crippen molar-refractivity contribution in [2.75, 3.05) is 14.1 Å². The average Bonchev–Trinajstić information content (AvgIpc) is 2.62. The van der Waals surface area contributed by atoms with Gasteiger partial charge in [0.25, 0.3) is 11.5 Å². The quantitative estimate of drug-likeness (QED) is 0.741. The molecule has 3 rings (SSSR count). The lowest BCUT2D eigenvalue weighted by molar-refractivity contribution is 0.0827. The summed E-state index contributed by atoms with van der Waals surface area (Å²) >= 11 is 0. The van der Waals surface area contributed by atoms with E-state index in [-0.39, 0.29) is 11.5 Å². The lowest BCUT2D eigenvalue weighted by Gasteiger charge is -2.12. The minimum absolute atomic E-state index is 0.0560. The van der Waals surface area contributed by atoms with Crippen LogP contribution in [0, 0.1) is 0 Å². The van der Waals surface area contributed by atoms with E-state index in [9.17, 15) is 9.59 Å². The van der Waals surface area contributed by atoms with Crippen LogP contribution in [0.2, 0.25) is 0 Å². The maximum absolute atomic E-state index is 12.3. The summed E-state index contributed by atoms with van der Waals surface area (Å²) < 4.78 is 1.41. The fourth-order valence-corrected chi connectivity index (χ4v) is 2.57. The molecule has 1 aromatic carbocycles. The molecule has 122 valence electrons. The monoisotopic (exact) mass is 322 g/mol. The summed E-state index contributed by atoms with van der Waals surface area (Å²) in [5.74, 6) is -0.0560. The van der Waals surface area contributed by atoms with Crippen LogP contribution in [0.1, 0.15) is 17.3 Å². The van der Waals surface area contributed by atoms with E-state index in [4.69, 9.17) is 0 Å². The Morgan fingerprint density at radius 1 is 1.17 bits per heavy atom. The van der Waals surface area contributed by atoms with Gasteiger partial charge in [-0.05, 0) is 31.2 Å². The SMILES string of the molecule is CCn1nc(-c2ccc(C(=O)N(C)C)cc2)c2cccnc2c1=O. The van der Waals surface area contributed by atoms with E-state index in [2.05, 4.69) is 10.1 Å². The number of hydrogen-bond acceptors (Lipinski definition) is 4. The zero-order valence-corrected chi connectivity index (χ0v) is 13.9. The van der Waals surface area contributed by atoms with Crippen LogP contribution in [0.4, 0.5) is 0 Å². The summed E-state index contributed by atoms with van der Waals surface area (Å²) in [6.45, 7) is 2.33. The van der Waals surface area contributed by atoms with Crippen molar-refractivity contribution >= 4 is 16.8 Å². The van der Waals surface area contributed by atoms with E-state index in [0.29, 0.717) is 28.7 Å². The number of benzene rings is 1. The highest BCUT2D eigenvalue weighted by molar-refractivity contribution is 5.95. The summed E-state index contributed by atoms with van der Waals surface area (Å²) in [7, 11) is 3.43. The van der Waals surface area contributed by atoms with Gasteiger partial charge in [0, 0.05) is 43.4 Å². The fourth-order valence-electron chi connectivity index (χ4n) is 2.57. The molecule has 0 bridgehead atoms. The molecule has 0 saturated heterocycles. The molecule has 0 aliphatic carbocycles. The maximum Gasteiger partial charge on any atom is 0.293 e. The molecule has 0 saturated carbocycles. The number of amides is 1. The van der Waals surface area contributed by atoms with Crippen LogP contribution in [0.25, 0.3) is 22.2 Å². The first kappa shape index (κ1) is 15.9. The van der Waals surface area contributed by atoms with Crippen molar-refractivity contribution in [2.45, 2.75) is 13.5 Å². The molecule has 2 heterocycles. The van der Waals surface area contributed by atoms with Crippen molar-refractivity contribution in [3.8, 4) is 11.3 Å². The van der Waals surface area contributed by atoms with Gasteiger partial charge >= 0.3 is 0 Å². The van der Waals surface area contributed by atoms with E-state index in [1.807, 2.05) is 25.1 Å². The van der Waals surface area contributed by atoms with Gasteiger partial charge in [-0.15, -0.1) is 0 Å². The van der Waals surface area contributed by atoms with Gasteiger partial charge in [-0.25, -0.2) is 4.68 Å². The second-order valence-electron chi connectivity index (χ2n) is 5.65. The van der Waals surface area contributed by atoms with E-state index in [1.165, 1.54) is 9.58 Å². The van der Waals surface area contributed by atoms with E-state index < -0.39 is 0 Å². The Morgan fingerprint density at radius 2 is 1.88 bits per heavy atom. The van der Waals surface area contributed by atoms with Crippen LogP contribution in [-0.2, 0) is 6.54 Å². The van der Waals surface area contributed by atoms with Crippen LogP contribution < -0.4 is 5.56 Å². The smallest absolute Gasteiger partial charge is 0.293 e. The molecule has 1 amide bonds. The predicted octanol–water partition coefficient (Wildman–Crippen LogP) is 2.18. The standard InChI is InChI=1S/C18H18N4O2/c1-4-22-18(24)16-14(6-5-11-19-16)15(20-22)12-7-9-13(10-8-12)17(23)21(2)3/h5-11H,4H2,1-3H3. The molecule has 0 atom stereocenters. The van der Waals surface area contributed by atoms with Gasteiger partial charge in [0.2, 0.25) is 0 Å². The van der Waals surface area contributed by atoms with Crippen molar-refractivity contribution in [1.82, 2.24) is 19.7 Å². The molecule has 0 unspecified atom stereocenters. The van der Waals surface area contributed by atoms with Gasteiger partial charge in [-0.2, -0.15) is 5.10 Å². The van der Waals surface area contributed by atoms with Gasteiger partial charge in [-0.1, -0.05) is 12.1 Å². The number of nitrogens with zero attached hydrogens (tertiary/aromatic N) is 4. The average molecular weight is 322 g/mol. The summed E-state index contributed by atoms with van der Waals surface area (Å²) in [5, 5.41) is 5.17. The number of carbonyl (C=O) groups is 1. The number of aryl methyl sites for hydroxylation is 1. The lowest BCUT2D eigenvalue weighted by atomic mass is 10.0. The Bertz CT molecular complexity index is 959. The third kappa shape index (κ3) is 2.67. The van der Waals surface area contributed by atoms with Crippen molar-refractivity contribution in [1.29, 1.82) is 0 Å². The Morgan fingerprint density at radius 3 is 2.50 bits per heavy atom. The molecule has 0 fully saturated rings. The van der Waals surface area contributed by atoms with Gasteiger partial charge in [0.15, 0.2) is 0 Å². The molecular formula is C18H18N4O2. The predicted molar refractivity (Wildman–Crippen MR) is 92.9 cm³/mol. The summed E-state index contributed by atoms with van der Waals surface area (Å²) in [6, 6.07) is 10.8. The number of aromatic nitrogens is 3. The topological polar surface area (TPSA) is 68.1 Å². The third-order valence-corrected chi connectivity index (χ3v) is 3.83. The molecule has 24 heavy (non-hydrogen) atoms. The molecule has 0 N–H and O–H groups in total. The molecule has 2 aromatic heterocycles. The highest BCUT2D eigenvalue weighted by atomic mass is 16.2. The molecular weight excluding hydrogens is 304 g/mol. The van der Waals surface area contributed by atoms with E-state index in [0.717, 1.165) is 5.56 Å². The second kappa shape index (κ2) is 6.23. The molecule has 0 radical (unpaired) electrons. The van der Waals surface area contributed by atoms with Gasteiger partial charge in [0.1, 0.15) is 11.2 Å². The summed E-state index contributed by atoms with van der Waals surface area (Å²) in [5.41, 5.74) is 2.33. The first-order valence-corrected chi connectivity index (χ1v) is 7.71. The summed E-state index contributed by atoms with van der Waals surface area (Å²) in [4.78, 5) is 30.1. The number of rotatable bonds is 3. The minimum Gasteiger partial charge on any atom is -0.345 e. The van der Waals surface area contributed by atoms with E-state index in [1.54, 1.807) is 38.5 Å². The largest absolute Gasteiger partial charge is 0.345 e. The number of pyridine rings is 1. The molecule has 3 aromatic rings. The van der Waals surface area contributed by atoms with Crippen LogP contribution in [0.15, 0.2) is 47.4 Å². The number of hydrogen-bond donors (Lipinski definition) is 0. The fraction of sp³-hybridized carbons (Fsp3) is 0.222. The third-order valence-electron chi connectivity index (χ3n) is 3.83. The first-order chi connectivity index (χ1) is 11.5. The Hall–Kier alpha value is -3.02. The Kier molecular flexibility index (Phi) is 4.12. The van der Waals surface area contributed by atoms with Crippen LogP contribution in [0.3, 0.4) is 0 Å². The summed E-state index contributed by atoms with van der Waals surface area (Å²) in [6.07, 6.45) is 1.60. The molecule has 6 nitrogen and oxygen atoms in total. The lowest BCUT2D eigenvalue weighted by Crippen LogP contribution is -2.23. The number of carbonyl (C=O) groups excluding carboxylic acids is 1.